The Morgan fingerprint density at radius 3 is 2.39 bits per heavy atom. The van der Waals surface area contributed by atoms with Gasteiger partial charge in [0.2, 0.25) is 11.8 Å². The molecule has 1 saturated heterocycles. The van der Waals surface area contributed by atoms with Crippen LogP contribution in [-0.4, -0.2) is 66.1 Å². The molecule has 44 heavy (non-hydrogen) atoms. The smallest absolute Gasteiger partial charge is 0.242 e. The van der Waals surface area contributed by atoms with Crippen LogP contribution in [0.5, 0.6) is 11.5 Å². The zero-order chi connectivity index (χ0) is 30.8. The van der Waals surface area contributed by atoms with Crippen molar-refractivity contribution in [3.63, 3.8) is 0 Å². The van der Waals surface area contributed by atoms with Crippen LogP contribution in [0.15, 0.2) is 72.8 Å². The van der Waals surface area contributed by atoms with Crippen molar-refractivity contribution < 1.29 is 19.1 Å². The van der Waals surface area contributed by atoms with Crippen molar-refractivity contribution in [3.05, 3.63) is 89.5 Å². The van der Waals surface area contributed by atoms with Crippen LogP contribution in [-0.2, 0) is 9.59 Å². The molecule has 9 heteroatoms. The monoisotopic (exact) mass is 610 g/mol. The SMILES string of the molecule is COc1ccc(OC)c([C@H]2SCC(=O)N(CC(=O)N3CCC(C)CC3)c3c2c(-c2ccccc2)nn3-c2ccc(C)cc2)c1. The third-order valence-corrected chi connectivity index (χ3v) is 9.80. The van der Waals surface area contributed by atoms with Gasteiger partial charge >= 0.3 is 0 Å². The molecular weight excluding hydrogens is 572 g/mol. The van der Waals surface area contributed by atoms with Crippen molar-refractivity contribution in [3.8, 4) is 28.4 Å². The highest BCUT2D eigenvalue weighted by Gasteiger charge is 2.39. The minimum Gasteiger partial charge on any atom is -0.497 e. The van der Waals surface area contributed by atoms with E-state index < -0.39 is 0 Å². The number of amides is 2. The third kappa shape index (κ3) is 5.80. The molecule has 0 aliphatic carbocycles. The fraction of sp³-hybridized carbons (Fsp3) is 0.343. The Hall–Kier alpha value is -4.24. The van der Waals surface area contributed by atoms with Gasteiger partial charge in [-0.15, -0.1) is 11.8 Å². The summed E-state index contributed by atoms with van der Waals surface area (Å²) in [4.78, 5) is 31.5. The minimum atomic E-state index is -0.329. The standard InChI is InChI=1S/C35H38N4O4S/c1-23-10-12-26(13-11-23)39-35-32(33(36-39)25-8-6-5-7-9-25)34(28-20-27(42-3)14-15-29(28)43-4)44-22-31(41)38(35)21-30(40)37-18-16-24(2)17-19-37/h5-15,20,24,34H,16-19,21-22H2,1-4H3/t34-/m1/s1. The van der Waals surface area contributed by atoms with Crippen LogP contribution in [0.3, 0.4) is 0 Å². The van der Waals surface area contributed by atoms with Gasteiger partial charge in [0.25, 0.3) is 0 Å². The predicted octanol–water partition coefficient (Wildman–Crippen LogP) is 6.29. The number of thioether (sulfide) groups is 1. The summed E-state index contributed by atoms with van der Waals surface area (Å²) in [6.45, 7) is 5.63. The predicted molar refractivity (Wildman–Crippen MR) is 175 cm³/mol. The quantitative estimate of drug-likeness (QED) is 0.245. The lowest BCUT2D eigenvalue weighted by molar-refractivity contribution is -0.132. The molecule has 1 fully saturated rings. The molecule has 0 bridgehead atoms. The van der Waals surface area contributed by atoms with Crippen molar-refractivity contribution in [2.45, 2.75) is 31.9 Å². The molecule has 0 unspecified atom stereocenters. The van der Waals surface area contributed by atoms with Crippen LogP contribution < -0.4 is 14.4 Å². The van der Waals surface area contributed by atoms with Gasteiger partial charge in [0, 0.05) is 29.8 Å². The fourth-order valence-corrected chi connectivity index (χ4v) is 7.19. The number of anilines is 1. The van der Waals surface area contributed by atoms with Crippen LogP contribution in [0.2, 0.25) is 0 Å². The van der Waals surface area contributed by atoms with E-state index in [4.69, 9.17) is 14.6 Å². The van der Waals surface area contributed by atoms with Gasteiger partial charge in [-0.3, -0.25) is 14.5 Å². The second-order valence-corrected chi connectivity index (χ2v) is 12.6. The molecule has 0 N–H and O–H groups in total. The average molecular weight is 611 g/mol. The lowest BCUT2D eigenvalue weighted by Gasteiger charge is -2.32. The lowest BCUT2D eigenvalue weighted by atomic mass is 9.98. The molecule has 0 spiro atoms. The van der Waals surface area contributed by atoms with E-state index in [1.165, 1.54) is 11.8 Å². The number of hydrogen-bond acceptors (Lipinski definition) is 6. The largest absolute Gasteiger partial charge is 0.497 e. The van der Waals surface area contributed by atoms with Crippen molar-refractivity contribution in [2.75, 3.05) is 44.5 Å². The number of methoxy groups -OCH3 is 2. The Morgan fingerprint density at radius 1 is 0.977 bits per heavy atom. The number of fused-ring (bicyclic) bond motifs is 1. The molecule has 3 heterocycles. The Labute approximate surface area is 263 Å². The number of aryl methyl sites for hydroxylation is 1. The van der Waals surface area contributed by atoms with Crippen LogP contribution in [0.4, 0.5) is 5.82 Å². The van der Waals surface area contributed by atoms with Crippen molar-refractivity contribution in [1.82, 2.24) is 14.7 Å². The molecule has 6 rings (SSSR count). The van der Waals surface area contributed by atoms with Gasteiger partial charge in [-0.25, -0.2) is 4.68 Å². The topological polar surface area (TPSA) is 76.9 Å². The van der Waals surface area contributed by atoms with Gasteiger partial charge in [-0.1, -0.05) is 55.0 Å². The first kappa shape index (κ1) is 29.8. The normalized spacial score (nSPS) is 17.3. The average Bonchev–Trinajstić information content (AvgIpc) is 3.38. The van der Waals surface area contributed by atoms with Gasteiger partial charge < -0.3 is 14.4 Å². The Morgan fingerprint density at radius 2 is 1.70 bits per heavy atom. The molecule has 2 amide bonds. The molecule has 0 radical (unpaired) electrons. The van der Waals surface area contributed by atoms with Gasteiger partial charge in [-0.05, 0) is 56.0 Å². The fourth-order valence-electron chi connectivity index (χ4n) is 5.98. The number of rotatable bonds is 7. The Balaban J connectivity index is 1.59. The molecule has 2 aliphatic heterocycles. The summed E-state index contributed by atoms with van der Waals surface area (Å²) < 4.78 is 13.3. The Bertz CT molecular complexity index is 1650. The van der Waals surface area contributed by atoms with Crippen LogP contribution >= 0.6 is 11.8 Å². The number of benzene rings is 3. The molecule has 0 saturated carbocycles. The molecule has 4 aromatic rings. The summed E-state index contributed by atoms with van der Waals surface area (Å²) in [7, 11) is 3.29. The molecule has 228 valence electrons. The number of aromatic nitrogens is 2. The van der Waals surface area contributed by atoms with Gasteiger partial charge in [0.05, 0.1) is 36.6 Å². The van der Waals surface area contributed by atoms with Crippen LogP contribution in [0.1, 0.15) is 41.7 Å². The van der Waals surface area contributed by atoms with Crippen LogP contribution in [0, 0.1) is 12.8 Å². The second-order valence-electron chi connectivity index (χ2n) is 11.5. The number of carbonyl (C=O) groups excluding carboxylic acids is 2. The summed E-state index contributed by atoms with van der Waals surface area (Å²) in [5.74, 6) is 2.59. The van der Waals surface area contributed by atoms with E-state index in [-0.39, 0.29) is 29.4 Å². The van der Waals surface area contributed by atoms with Gasteiger partial charge in [-0.2, -0.15) is 5.10 Å². The zero-order valence-electron chi connectivity index (χ0n) is 25.7. The van der Waals surface area contributed by atoms with E-state index in [0.717, 1.165) is 46.5 Å². The number of nitrogens with zero attached hydrogens (tertiary/aromatic N) is 4. The third-order valence-electron chi connectivity index (χ3n) is 8.56. The maximum atomic E-state index is 14.1. The van der Waals surface area contributed by atoms with E-state index in [9.17, 15) is 9.59 Å². The van der Waals surface area contributed by atoms with Crippen molar-refractivity contribution >= 4 is 29.4 Å². The summed E-state index contributed by atoms with van der Waals surface area (Å²) in [6, 6.07) is 23.8. The first-order valence-corrected chi connectivity index (χ1v) is 16.1. The summed E-state index contributed by atoms with van der Waals surface area (Å²) in [6.07, 6.45) is 1.94. The number of piperidine rings is 1. The van der Waals surface area contributed by atoms with Gasteiger partial charge in [0.1, 0.15) is 23.9 Å². The molecule has 1 aromatic heterocycles. The molecule has 8 nitrogen and oxygen atoms in total. The molecule has 2 aliphatic rings. The van der Waals surface area contributed by atoms with Crippen molar-refractivity contribution in [1.29, 1.82) is 0 Å². The number of ether oxygens (including phenoxy) is 2. The first-order chi connectivity index (χ1) is 21.4. The maximum Gasteiger partial charge on any atom is 0.242 e. The Kier molecular flexibility index (Phi) is 8.66. The van der Waals surface area contributed by atoms with Crippen LogP contribution in [0.25, 0.3) is 16.9 Å². The molecule has 3 aromatic carbocycles. The number of carbonyl (C=O) groups is 2. The highest BCUT2D eigenvalue weighted by Crippen LogP contribution is 2.51. The summed E-state index contributed by atoms with van der Waals surface area (Å²) >= 11 is 1.52. The highest BCUT2D eigenvalue weighted by atomic mass is 32.2. The lowest BCUT2D eigenvalue weighted by Crippen LogP contribution is -2.46. The summed E-state index contributed by atoms with van der Waals surface area (Å²) in [5.41, 5.74) is 5.35. The maximum absolute atomic E-state index is 14.1. The van der Waals surface area contributed by atoms with E-state index in [1.807, 2.05) is 89.3 Å². The first-order valence-electron chi connectivity index (χ1n) is 15.0. The summed E-state index contributed by atoms with van der Waals surface area (Å²) in [5, 5.41) is 4.88. The van der Waals surface area contributed by atoms with Crippen molar-refractivity contribution in [2.24, 2.45) is 5.92 Å². The van der Waals surface area contributed by atoms with Gasteiger partial charge in [0.15, 0.2) is 0 Å². The van der Waals surface area contributed by atoms with E-state index in [1.54, 1.807) is 19.1 Å². The molecule has 1 atom stereocenters. The molecular formula is C35H38N4O4S. The number of likely N-dealkylation sites (tertiary alicyclic amines) is 1. The minimum absolute atomic E-state index is 0.0449. The zero-order valence-corrected chi connectivity index (χ0v) is 26.5. The second kappa shape index (κ2) is 12.8. The van der Waals surface area contributed by atoms with E-state index >= 15 is 0 Å². The highest BCUT2D eigenvalue weighted by molar-refractivity contribution is 8.00. The number of hydrogen-bond donors (Lipinski definition) is 0. The van der Waals surface area contributed by atoms with E-state index in [2.05, 4.69) is 6.92 Å². The van der Waals surface area contributed by atoms with E-state index in [0.29, 0.717) is 36.3 Å².